The number of hydrogen-bond acceptors (Lipinski definition) is 1. The maximum absolute atomic E-state index is 13.2. The van der Waals surface area contributed by atoms with Gasteiger partial charge in [0, 0.05) is 5.02 Å². The van der Waals surface area contributed by atoms with Gasteiger partial charge in [-0.3, -0.25) is 0 Å². The average Bonchev–Trinajstić information content (AvgIpc) is 2.84. The molecular formula is C15H10ClF3O. The van der Waals surface area contributed by atoms with Crippen molar-refractivity contribution in [3.8, 4) is 11.1 Å². The van der Waals surface area contributed by atoms with Crippen LogP contribution in [0.5, 0.6) is 0 Å². The summed E-state index contributed by atoms with van der Waals surface area (Å²) in [6.45, 7) is 0.591. The molecule has 0 unspecified atom stereocenters. The maximum Gasteiger partial charge on any atom is 0.417 e. The maximum atomic E-state index is 13.2. The molecule has 0 saturated heterocycles. The molecule has 0 amide bonds. The van der Waals surface area contributed by atoms with Crippen LogP contribution in [-0.2, 0) is 24.1 Å². The normalized spacial score (nSPS) is 14.4. The number of halogens is 4. The van der Waals surface area contributed by atoms with E-state index in [1.165, 1.54) is 6.07 Å². The van der Waals surface area contributed by atoms with Crippen molar-refractivity contribution in [2.45, 2.75) is 19.4 Å². The van der Waals surface area contributed by atoms with Crippen molar-refractivity contribution >= 4 is 11.6 Å². The fourth-order valence-electron chi connectivity index (χ4n) is 2.33. The molecule has 0 aromatic heterocycles. The van der Waals surface area contributed by atoms with E-state index in [4.69, 9.17) is 16.3 Å². The van der Waals surface area contributed by atoms with Crippen LogP contribution < -0.4 is 0 Å². The van der Waals surface area contributed by atoms with Gasteiger partial charge < -0.3 is 4.74 Å². The van der Waals surface area contributed by atoms with Crippen LogP contribution in [-0.4, -0.2) is 0 Å². The fraction of sp³-hybridized carbons (Fsp3) is 0.200. The van der Waals surface area contributed by atoms with Crippen LogP contribution in [0.15, 0.2) is 36.4 Å². The standard InChI is InChI=1S/C15H10ClF3O/c16-12-3-1-9(2-4-12)13-5-10-7-20-8-11(10)6-14(13)15(17,18)19/h1-6H,7-8H2. The zero-order valence-corrected chi connectivity index (χ0v) is 11.1. The Morgan fingerprint density at radius 3 is 2.15 bits per heavy atom. The van der Waals surface area contributed by atoms with Crippen molar-refractivity contribution in [3.63, 3.8) is 0 Å². The molecule has 1 heterocycles. The summed E-state index contributed by atoms with van der Waals surface area (Å²) in [6, 6.07) is 9.10. The summed E-state index contributed by atoms with van der Waals surface area (Å²) in [5.41, 5.74) is 1.44. The van der Waals surface area contributed by atoms with E-state index in [-0.39, 0.29) is 12.2 Å². The molecule has 0 saturated carbocycles. The Morgan fingerprint density at radius 2 is 1.55 bits per heavy atom. The van der Waals surface area contributed by atoms with Gasteiger partial charge in [-0.05, 0) is 46.5 Å². The molecule has 1 aliphatic rings. The monoisotopic (exact) mass is 298 g/mol. The SMILES string of the molecule is FC(F)(F)c1cc2c(cc1-c1ccc(Cl)cc1)COC2. The molecule has 0 atom stereocenters. The Bertz CT molecular complexity index is 647. The quantitative estimate of drug-likeness (QED) is 0.715. The lowest BCUT2D eigenvalue weighted by atomic mass is 9.94. The second-order valence-electron chi connectivity index (χ2n) is 4.66. The molecule has 0 bridgehead atoms. The minimum Gasteiger partial charge on any atom is -0.372 e. The molecule has 0 fully saturated rings. The van der Waals surface area contributed by atoms with E-state index in [0.717, 1.165) is 5.56 Å². The van der Waals surface area contributed by atoms with Crippen molar-refractivity contribution in [1.29, 1.82) is 0 Å². The molecule has 0 N–H and O–H groups in total. The van der Waals surface area contributed by atoms with Crippen molar-refractivity contribution in [2.24, 2.45) is 0 Å². The summed E-state index contributed by atoms with van der Waals surface area (Å²) in [7, 11) is 0. The van der Waals surface area contributed by atoms with Gasteiger partial charge in [0.1, 0.15) is 0 Å². The van der Waals surface area contributed by atoms with Gasteiger partial charge in [-0.25, -0.2) is 0 Å². The lowest BCUT2D eigenvalue weighted by molar-refractivity contribution is -0.137. The topological polar surface area (TPSA) is 9.23 Å². The van der Waals surface area contributed by atoms with E-state index in [0.29, 0.717) is 22.8 Å². The second kappa shape index (κ2) is 4.79. The van der Waals surface area contributed by atoms with E-state index in [9.17, 15) is 13.2 Å². The smallest absolute Gasteiger partial charge is 0.372 e. The minimum atomic E-state index is -4.40. The number of rotatable bonds is 1. The Morgan fingerprint density at radius 1 is 0.950 bits per heavy atom. The third-order valence-electron chi connectivity index (χ3n) is 3.32. The molecule has 104 valence electrons. The Balaban J connectivity index is 2.20. The van der Waals surface area contributed by atoms with Crippen LogP contribution in [0.3, 0.4) is 0 Å². The third-order valence-corrected chi connectivity index (χ3v) is 3.57. The van der Waals surface area contributed by atoms with E-state index in [1.807, 2.05) is 0 Å². The summed E-state index contributed by atoms with van der Waals surface area (Å²) in [5.74, 6) is 0. The minimum absolute atomic E-state index is 0.165. The highest BCUT2D eigenvalue weighted by atomic mass is 35.5. The van der Waals surface area contributed by atoms with Gasteiger partial charge in [0.05, 0.1) is 18.8 Å². The van der Waals surface area contributed by atoms with E-state index in [2.05, 4.69) is 0 Å². The highest BCUT2D eigenvalue weighted by Crippen LogP contribution is 2.40. The third kappa shape index (κ3) is 2.41. The molecule has 0 radical (unpaired) electrons. The molecule has 0 aliphatic carbocycles. The molecular weight excluding hydrogens is 289 g/mol. The number of fused-ring (bicyclic) bond motifs is 1. The molecule has 5 heteroatoms. The first kappa shape index (κ1) is 13.5. The van der Waals surface area contributed by atoms with E-state index in [1.54, 1.807) is 30.3 Å². The number of ether oxygens (including phenoxy) is 1. The zero-order chi connectivity index (χ0) is 14.3. The van der Waals surface area contributed by atoms with Crippen LogP contribution in [0, 0.1) is 0 Å². The number of alkyl halides is 3. The van der Waals surface area contributed by atoms with Gasteiger partial charge in [0.25, 0.3) is 0 Å². The summed E-state index contributed by atoms with van der Waals surface area (Å²) < 4.78 is 44.8. The van der Waals surface area contributed by atoms with Crippen LogP contribution in [0.1, 0.15) is 16.7 Å². The van der Waals surface area contributed by atoms with Crippen molar-refractivity contribution in [1.82, 2.24) is 0 Å². The van der Waals surface area contributed by atoms with Crippen molar-refractivity contribution < 1.29 is 17.9 Å². The predicted molar refractivity (Wildman–Crippen MR) is 70.4 cm³/mol. The predicted octanol–water partition coefficient (Wildman–Crippen LogP) is 5.06. The summed E-state index contributed by atoms with van der Waals surface area (Å²) in [5, 5.41) is 0.492. The zero-order valence-electron chi connectivity index (χ0n) is 10.3. The summed E-state index contributed by atoms with van der Waals surface area (Å²) in [4.78, 5) is 0. The largest absolute Gasteiger partial charge is 0.417 e. The lowest BCUT2D eigenvalue weighted by Crippen LogP contribution is -2.08. The van der Waals surface area contributed by atoms with Gasteiger partial charge in [0.2, 0.25) is 0 Å². The lowest BCUT2D eigenvalue weighted by Gasteiger charge is -2.15. The molecule has 0 spiro atoms. The Kier molecular flexibility index (Phi) is 3.22. The van der Waals surface area contributed by atoms with Crippen LogP contribution in [0.2, 0.25) is 5.02 Å². The summed E-state index contributed by atoms with van der Waals surface area (Å²) in [6.07, 6.45) is -4.40. The van der Waals surface area contributed by atoms with Gasteiger partial charge in [-0.15, -0.1) is 0 Å². The Hall–Kier alpha value is -1.52. The van der Waals surface area contributed by atoms with Crippen LogP contribution in [0.25, 0.3) is 11.1 Å². The highest BCUT2D eigenvalue weighted by Gasteiger charge is 2.35. The van der Waals surface area contributed by atoms with Gasteiger partial charge in [0.15, 0.2) is 0 Å². The fourth-order valence-corrected chi connectivity index (χ4v) is 2.46. The number of hydrogen-bond donors (Lipinski definition) is 0. The second-order valence-corrected chi connectivity index (χ2v) is 5.10. The number of benzene rings is 2. The van der Waals surface area contributed by atoms with E-state index < -0.39 is 11.7 Å². The van der Waals surface area contributed by atoms with Crippen LogP contribution in [0.4, 0.5) is 13.2 Å². The summed E-state index contributed by atoms with van der Waals surface area (Å²) >= 11 is 5.78. The van der Waals surface area contributed by atoms with Gasteiger partial charge >= 0.3 is 6.18 Å². The van der Waals surface area contributed by atoms with Crippen molar-refractivity contribution in [3.05, 3.63) is 58.1 Å². The molecule has 20 heavy (non-hydrogen) atoms. The molecule has 3 rings (SSSR count). The molecule has 2 aromatic carbocycles. The first-order chi connectivity index (χ1) is 9.45. The van der Waals surface area contributed by atoms with E-state index >= 15 is 0 Å². The molecule has 1 nitrogen and oxygen atoms in total. The first-order valence-corrected chi connectivity index (χ1v) is 6.39. The molecule has 1 aliphatic heterocycles. The molecule has 2 aromatic rings. The highest BCUT2D eigenvalue weighted by molar-refractivity contribution is 6.30. The van der Waals surface area contributed by atoms with Crippen molar-refractivity contribution in [2.75, 3.05) is 0 Å². The van der Waals surface area contributed by atoms with Gasteiger partial charge in [-0.2, -0.15) is 13.2 Å². The average molecular weight is 299 g/mol. The van der Waals surface area contributed by atoms with Gasteiger partial charge in [-0.1, -0.05) is 23.7 Å². The first-order valence-electron chi connectivity index (χ1n) is 6.02. The Labute approximate surface area is 118 Å². The van der Waals surface area contributed by atoms with Crippen LogP contribution >= 0.6 is 11.6 Å².